The van der Waals surface area contributed by atoms with Crippen LogP contribution in [-0.2, 0) is 10.8 Å². The molecule has 0 aromatic rings. The lowest BCUT2D eigenvalue weighted by molar-refractivity contribution is 0.242. The maximum Gasteiger partial charge on any atom is 0.191 e. The minimum absolute atomic E-state index is 0. The molecule has 2 fully saturated rings. The fourth-order valence-electron chi connectivity index (χ4n) is 3.46. The number of nitrogens with zero attached hydrogens (tertiary/aromatic N) is 2. The summed E-state index contributed by atoms with van der Waals surface area (Å²) in [7, 11) is 0.985. The van der Waals surface area contributed by atoms with E-state index in [1.807, 2.05) is 20.8 Å². The summed E-state index contributed by atoms with van der Waals surface area (Å²) in [4.78, 5) is 6.96. The first-order valence-corrected chi connectivity index (χ1v) is 10.3. The zero-order chi connectivity index (χ0) is 16.9. The van der Waals surface area contributed by atoms with Gasteiger partial charge in [-0.05, 0) is 40.0 Å². The molecule has 142 valence electrons. The van der Waals surface area contributed by atoms with Crippen molar-refractivity contribution in [2.75, 3.05) is 32.4 Å². The second-order valence-electron chi connectivity index (χ2n) is 7.72. The molecule has 1 heterocycles. The van der Waals surface area contributed by atoms with Crippen LogP contribution >= 0.6 is 24.0 Å². The molecule has 0 radical (unpaired) electrons. The van der Waals surface area contributed by atoms with Gasteiger partial charge in [-0.3, -0.25) is 14.1 Å². The molecule has 2 unspecified atom stereocenters. The van der Waals surface area contributed by atoms with Gasteiger partial charge in [0, 0.05) is 60.1 Å². The van der Waals surface area contributed by atoms with Crippen LogP contribution in [0.25, 0.3) is 0 Å². The number of likely N-dealkylation sites (tertiary alicyclic amines) is 1. The Balaban J connectivity index is 0.00000288. The molecule has 2 N–H and O–H groups in total. The smallest absolute Gasteiger partial charge is 0.191 e. The number of rotatable bonds is 5. The number of hydrogen-bond acceptors (Lipinski definition) is 3. The van der Waals surface area contributed by atoms with Crippen LogP contribution < -0.4 is 10.6 Å². The predicted molar refractivity (Wildman–Crippen MR) is 115 cm³/mol. The largest absolute Gasteiger partial charge is 0.355 e. The minimum Gasteiger partial charge on any atom is -0.355 e. The van der Waals surface area contributed by atoms with Crippen molar-refractivity contribution in [2.24, 2.45) is 4.99 Å². The van der Waals surface area contributed by atoms with Gasteiger partial charge in [-0.2, -0.15) is 0 Å². The van der Waals surface area contributed by atoms with Gasteiger partial charge in [0.25, 0.3) is 0 Å². The van der Waals surface area contributed by atoms with Crippen LogP contribution in [0.5, 0.6) is 0 Å². The number of nitrogens with one attached hydrogen (secondary N) is 2. The van der Waals surface area contributed by atoms with E-state index >= 15 is 0 Å². The molecule has 1 saturated carbocycles. The van der Waals surface area contributed by atoms with Crippen molar-refractivity contribution in [1.29, 1.82) is 0 Å². The monoisotopic (exact) mass is 470 g/mol. The van der Waals surface area contributed by atoms with Crippen molar-refractivity contribution in [1.82, 2.24) is 15.5 Å². The van der Waals surface area contributed by atoms with Crippen molar-refractivity contribution in [3.8, 4) is 0 Å². The standard InChI is InChI=1S/C17H34N4OS.HI/c1-17(2,3)23(22)12-10-19-16(18-4)20-14-9-11-21(13-14)15-7-5-6-8-15;/h14-15H,5-13H2,1-4H3,(H2,18,19,20);1H. The van der Waals surface area contributed by atoms with Crippen LogP contribution in [0.2, 0.25) is 0 Å². The second-order valence-corrected chi connectivity index (χ2v) is 10.0. The second kappa shape index (κ2) is 10.3. The van der Waals surface area contributed by atoms with E-state index in [1.165, 1.54) is 38.6 Å². The maximum atomic E-state index is 12.1. The summed E-state index contributed by atoms with van der Waals surface area (Å²) in [5, 5.41) is 6.84. The Morgan fingerprint density at radius 3 is 2.50 bits per heavy atom. The first-order chi connectivity index (χ1) is 10.9. The molecule has 0 amide bonds. The van der Waals surface area contributed by atoms with E-state index in [0.29, 0.717) is 18.3 Å². The molecule has 1 saturated heterocycles. The quantitative estimate of drug-likeness (QED) is 0.368. The SMILES string of the molecule is CN=C(NCCS(=O)C(C)(C)C)NC1CCN(C2CCCC2)C1.I. The van der Waals surface area contributed by atoms with Gasteiger partial charge in [0.15, 0.2) is 5.96 Å². The van der Waals surface area contributed by atoms with E-state index in [-0.39, 0.29) is 28.7 Å². The third-order valence-corrected chi connectivity index (χ3v) is 6.83. The molecule has 2 atom stereocenters. The summed E-state index contributed by atoms with van der Waals surface area (Å²) in [5.74, 6) is 1.50. The Hall–Kier alpha value is 0.110. The van der Waals surface area contributed by atoms with E-state index in [4.69, 9.17) is 0 Å². The van der Waals surface area contributed by atoms with Crippen LogP contribution in [0, 0.1) is 0 Å². The molecule has 1 aliphatic heterocycles. The lowest BCUT2D eigenvalue weighted by Crippen LogP contribution is -2.46. The van der Waals surface area contributed by atoms with Crippen molar-refractivity contribution in [3.05, 3.63) is 0 Å². The fourth-order valence-corrected chi connectivity index (χ4v) is 4.36. The molecular weight excluding hydrogens is 435 g/mol. The molecule has 0 spiro atoms. The van der Waals surface area contributed by atoms with E-state index in [2.05, 4.69) is 20.5 Å². The van der Waals surface area contributed by atoms with Crippen molar-refractivity contribution < 1.29 is 4.21 Å². The highest BCUT2D eigenvalue weighted by Gasteiger charge is 2.30. The molecule has 0 aromatic carbocycles. The number of halogens is 1. The van der Waals surface area contributed by atoms with Gasteiger partial charge in [-0.1, -0.05) is 12.8 Å². The van der Waals surface area contributed by atoms with Crippen LogP contribution in [0.3, 0.4) is 0 Å². The fraction of sp³-hybridized carbons (Fsp3) is 0.941. The average molecular weight is 470 g/mol. The normalized spacial score (nSPS) is 24.7. The Bertz CT molecular complexity index is 433. The molecule has 2 rings (SSSR count). The van der Waals surface area contributed by atoms with Crippen LogP contribution in [0.15, 0.2) is 4.99 Å². The van der Waals surface area contributed by atoms with Gasteiger partial charge in [0.05, 0.1) is 0 Å². The zero-order valence-electron chi connectivity index (χ0n) is 15.6. The van der Waals surface area contributed by atoms with Crippen LogP contribution in [0.1, 0.15) is 52.9 Å². The Morgan fingerprint density at radius 2 is 1.92 bits per heavy atom. The van der Waals surface area contributed by atoms with E-state index in [0.717, 1.165) is 18.5 Å². The third-order valence-electron chi connectivity index (χ3n) is 4.89. The zero-order valence-corrected chi connectivity index (χ0v) is 18.8. The van der Waals surface area contributed by atoms with Gasteiger partial charge in [-0.25, -0.2) is 0 Å². The highest BCUT2D eigenvalue weighted by molar-refractivity contribution is 14.0. The van der Waals surface area contributed by atoms with Gasteiger partial charge in [0.2, 0.25) is 0 Å². The molecule has 24 heavy (non-hydrogen) atoms. The molecule has 0 aromatic heterocycles. The maximum absolute atomic E-state index is 12.1. The summed E-state index contributed by atoms with van der Waals surface area (Å²) < 4.78 is 11.9. The third kappa shape index (κ3) is 6.78. The van der Waals surface area contributed by atoms with E-state index in [9.17, 15) is 4.21 Å². The van der Waals surface area contributed by atoms with E-state index in [1.54, 1.807) is 7.05 Å². The molecule has 0 bridgehead atoms. The van der Waals surface area contributed by atoms with Crippen molar-refractivity contribution >= 4 is 40.7 Å². The Kier molecular flexibility index (Phi) is 9.51. The summed E-state index contributed by atoms with van der Waals surface area (Å²) in [6, 6.07) is 1.29. The Labute approximate surface area is 167 Å². The average Bonchev–Trinajstić information content (AvgIpc) is 3.15. The molecule has 7 heteroatoms. The van der Waals surface area contributed by atoms with Gasteiger partial charge >= 0.3 is 0 Å². The number of aliphatic imine (C=N–C) groups is 1. The van der Waals surface area contributed by atoms with E-state index < -0.39 is 10.8 Å². The molecular formula is C17H35IN4OS. The van der Waals surface area contributed by atoms with Crippen molar-refractivity contribution in [3.63, 3.8) is 0 Å². The minimum atomic E-state index is -0.821. The van der Waals surface area contributed by atoms with Crippen molar-refractivity contribution in [2.45, 2.75) is 69.7 Å². The summed E-state index contributed by atoms with van der Waals surface area (Å²) in [6.07, 6.45) is 6.72. The predicted octanol–water partition coefficient (Wildman–Crippen LogP) is 2.33. The molecule has 5 nitrogen and oxygen atoms in total. The first-order valence-electron chi connectivity index (χ1n) is 9.00. The summed E-state index contributed by atoms with van der Waals surface area (Å²) in [5.41, 5.74) is 0. The number of hydrogen-bond donors (Lipinski definition) is 2. The Morgan fingerprint density at radius 1 is 1.25 bits per heavy atom. The lowest BCUT2D eigenvalue weighted by atomic mass is 10.2. The van der Waals surface area contributed by atoms with Crippen LogP contribution in [0.4, 0.5) is 0 Å². The first kappa shape index (κ1) is 22.2. The topological polar surface area (TPSA) is 56.7 Å². The summed E-state index contributed by atoms with van der Waals surface area (Å²) in [6.45, 7) is 9.08. The van der Waals surface area contributed by atoms with Gasteiger partial charge in [0.1, 0.15) is 0 Å². The molecule has 1 aliphatic carbocycles. The lowest BCUT2D eigenvalue weighted by Gasteiger charge is -2.24. The van der Waals surface area contributed by atoms with Gasteiger partial charge in [-0.15, -0.1) is 24.0 Å². The summed E-state index contributed by atoms with van der Waals surface area (Å²) >= 11 is 0. The molecule has 2 aliphatic rings. The highest BCUT2D eigenvalue weighted by Crippen LogP contribution is 2.26. The van der Waals surface area contributed by atoms with Crippen LogP contribution in [-0.4, -0.2) is 64.3 Å². The highest BCUT2D eigenvalue weighted by atomic mass is 127. The van der Waals surface area contributed by atoms with Gasteiger partial charge < -0.3 is 10.6 Å². The number of guanidine groups is 1.